The van der Waals surface area contributed by atoms with Gasteiger partial charge in [-0.25, -0.2) is 4.98 Å². The van der Waals surface area contributed by atoms with E-state index in [4.69, 9.17) is 14.7 Å². The number of aliphatic imine (C=N–C) groups is 1. The summed E-state index contributed by atoms with van der Waals surface area (Å²) < 4.78 is 7.98. The third-order valence-electron chi connectivity index (χ3n) is 5.02. The van der Waals surface area contributed by atoms with Crippen LogP contribution in [0.4, 0.5) is 0 Å². The fourth-order valence-corrected chi connectivity index (χ4v) is 3.96. The summed E-state index contributed by atoms with van der Waals surface area (Å²) >= 11 is 3.60. The third-order valence-corrected chi connectivity index (χ3v) is 5.51. The lowest BCUT2D eigenvalue weighted by atomic mass is 10.0. The SMILES string of the molecule is CCc1cnc2n1-c1ccc(Br)cc1C(c1ccccn1)=N[C@H]2CCC(=O)OC. The zero-order valence-corrected chi connectivity index (χ0v) is 17.9. The van der Waals surface area contributed by atoms with Crippen LogP contribution in [-0.4, -0.2) is 33.3 Å². The summed E-state index contributed by atoms with van der Waals surface area (Å²) in [6, 6.07) is 11.7. The lowest BCUT2D eigenvalue weighted by Crippen LogP contribution is -2.10. The number of esters is 1. The van der Waals surface area contributed by atoms with Gasteiger partial charge in [0, 0.05) is 34.5 Å². The second-order valence-corrected chi connectivity index (χ2v) is 7.70. The van der Waals surface area contributed by atoms with Gasteiger partial charge in [0.15, 0.2) is 0 Å². The Morgan fingerprint density at radius 2 is 2.10 bits per heavy atom. The second-order valence-electron chi connectivity index (χ2n) is 6.78. The maximum atomic E-state index is 11.8. The highest BCUT2D eigenvalue weighted by molar-refractivity contribution is 9.10. The molecule has 3 aromatic rings. The molecule has 1 atom stereocenters. The van der Waals surface area contributed by atoms with Crippen LogP contribution in [0.5, 0.6) is 0 Å². The number of carbonyl (C=O) groups excluding carboxylic acids is 1. The number of pyridine rings is 1. The number of benzene rings is 1. The van der Waals surface area contributed by atoms with E-state index in [-0.39, 0.29) is 18.4 Å². The minimum Gasteiger partial charge on any atom is -0.469 e. The Hall–Kier alpha value is -2.80. The van der Waals surface area contributed by atoms with E-state index in [2.05, 4.69) is 44.5 Å². The Morgan fingerprint density at radius 1 is 1.24 bits per heavy atom. The lowest BCUT2D eigenvalue weighted by Gasteiger charge is -2.15. The number of halogens is 1. The Labute approximate surface area is 177 Å². The van der Waals surface area contributed by atoms with Crippen LogP contribution >= 0.6 is 15.9 Å². The number of aromatic nitrogens is 3. The molecule has 0 spiro atoms. The molecule has 148 valence electrons. The molecule has 6 nitrogen and oxygen atoms in total. The maximum absolute atomic E-state index is 11.8. The van der Waals surface area contributed by atoms with Crippen LogP contribution in [0.25, 0.3) is 5.69 Å². The highest BCUT2D eigenvalue weighted by Gasteiger charge is 2.28. The molecule has 0 saturated carbocycles. The molecule has 0 aliphatic carbocycles. The zero-order valence-electron chi connectivity index (χ0n) is 16.3. The van der Waals surface area contributed by atoms with Crippen LogP contribution in [0.2, 0.25) is 0 Å². The van der Waals surface area contributed by atoms with Crippen LogP contribution in [0, 0.1) is 0 Å². The summed E-state index contributed by atoms with van der Waals surface area (Å²) in [5.41, 5.74) is 4.68. The molecular formula is C22H21BrN4O2. The minimum atomic E-state index is -0.280. The number of methoxy groups -OCH3 is 1. The summed E-state index contributed by atoms with van der Waals surface area (Å²) in [7, 11) is 1.40. The minimum absolute atomic E-state index is 0.252. The molecule has 0 unspecified atom stereocenters. The van der Waals surface area contributed by atoms with E-state index in [0.29, 0.717) is 6.42 Å². The molecule has 1 aliphatic heterocycles. The molecule has 0 fully saturated rings. The third kappa shape index (κ3) is 3.74. The molecule has 0 radical (unpaired) electrons. The quantitative estimate of drug-likeness (QED) is 0.536. The van der Waals surface area contributed by atoms with Crippen molar-refractivity contribution in [3.8, 4) is 5.69 Å². The molecule has 2 aromatic heterocycles. The van der Waals surface area contributed by atoms with E-state index in [1.807, 2.05) is 30.5 Å². The number of fused-ring (bicyclic) bond motifs is 3. The van der Waals surface area contributed by atoms with Gasteiger partial charge in [0.05, 0.1) is 24.2 Å². The van der Waals surface area contributed by atoms with E-state index >= 15 is 0 Å². The van der Waals surface area contributed by atoms with Gasteiger partial charge in [-0.2, -0.15) is 0 Å². The monoisotopic (exact) mass is 452 g/mol. The van der Waals surface area contributed by atoms with Crippen LogP contribution in [0.15, 0.2) is 58.3 Å². The van der Waals surface area contributed by atoms with Gasteiger partial charge in [-0.3, -0.25) is 19.3 Å². The number of rotatable bonds is 5. The van der Waals surface area contributed by atoms with Crippen LogP contribution in [0.3, 0.4) is 0 Å². The van der Waals surface area contributed by atoms with Crippen LogP contribution in [0.1, 0.15) is 48.6 Å². The van der Waals surface area contributed by atoms with Crippen molar-refractivity contribution in [3.63, 3.8) is 0 Å². The van der Waals surface area contributed by atoms with Gasteiger partial charge in [-0.05, 0) is 43.2 Å². The predicted molar refractivity (Wildman–Crippen MR) is 115 cm³/mol. The average Bonchev–Trinajstić information content (AvgIpc) is 3.12. The highest BCUT2D eigenvalue weighted by atomic mass is 79.9. The lowest BCUT2D eigenvalue weighted by molar-refractivity contribution is -0.140. The standard InChI is InChI=1S/C22H21BrN4O2/c1-3-15-13-25-22-18(8-10-20(28)29-2)26-21(17-6-4-5-11-24-17)16-12-14(23)7-9-19(16)27(15)22/h4-7,9,11-13,18H,3,8,10H2,1-2H3/t18-/m0/s1. The summed E-state index contributed by atoms with van der Waals surface area (Å²) in [5, 5.41) is 0. The number of ether oxygens (including phenoxy) is 1. The van der Waals surface area contributed by atoms with E-state index in [1.54, 1.807) is 6.20 Å². The van der Waals surface area contributed by atoms with E-state index in [1.165, 1.54) is 7.11 Å². The molecule has 1 aromatic carbocycles. The largest absolute Gasteiger partial charge is 0.469 e. The molecule has 0 saturated heterocycles. The fraction of sp³-hybridized carbons (Fsp3) is 0.273. The number of carbonyl (C=O) groups is 1. The molecule has 29 heavy (non-hydrogen) atoms. The van der Waals surface area contributed by atoms with Gasteiger partial charge in [-0.1, -0.05) is 28.9 Å². The van der Waals surface area contributed by atoms with E-state index < -0.39 is 0 Å². The van der Waals surface area contributed by atoms with Crippen molar-refractivity contribution in [1.29, 1.82) is 0 Å². The normalized spacial score (nSPS) is 15.1. The van der Waals surface area contributed by atoms with Crippen LogP contribution in [-0.2, 0) is 16.0 Å². The summed E-state index contributed by atoms with van der Waals surface area (Å²) in [6.45, 7) is 2.11. The summed E-state index contributed by atoms with van der Waals surface area (Å²) in [6.07, 6.45) is 5.28. The maximum Gasteiger partial charge on any atom is 0.305 e. The molecule has 1 aliphatic rings. The number of aryl methyl sites for hydroxylation is 1. The number of hydrogen-bond donors (Lipinski definition) is 0. The van der Waals surface area contributed by atoms with Crippen molar-refractivity contribution in [2.45, 2.75) is 32.2 Å². The predicted octanol–water partition coefficient (Wildman–Crippen LogP) is 4.44. The molecule has 3 heterocycles. The van der Waals surface area contributed by atoms with Crippen LogP contribution < -0.4 is 0 Å². The topological polar surface area (TPSA) is 69.4 Å². The Bertz CT molecular complexity index is 1080. The first-order chi connectivity index (χ1) is 14.1. The van der Waals surface area contributed by atoms with Gasteiger partial charge in [0.25, 0.3) is 0 Å². The van der Waals surface area contributed by atoms with Crippen molar-refractivity contribution < 1.29 is 9.53 Å². The Balaban J connectivity index is 1.94. The summed E-state index contributed by atoms with van der Waals surface area (Å²) in [5.74, 6) is 0.582. The zero-order chi connectivity index (χ0) is 20.4. The van der Waals surface area contributed by atoms with Crippen molar-refractivity contribution >= 4 is 27.6 Å². The van der Waals surface area contributed by atoms with Gasteiger partial charge < -0.3 is 4.74 Å². The molecule has 0 amide bonds. The molecule has 0 bridgehead atoms. The molecule has 0 N–H and O–H groups in total. The Morgan fingerprint density at radius 3 is 2.83 bits per heavy atom. The number of imidazole rings is 1. The second kappa shape index (κ2) is 8.29. The molecule has 7 heteroatoms. The van der Waals surface area contributed by atoms with Crippen molar-refractivity contribution in [2.24, 2.45) is 4.99 Å². The first kappa shape index (κ1) is 19.5. The van der Waals surface area contributed by atoms with Gasteiger partial charge in [-0.15, -0.1) is 0 Å². The van der Waals surface area contributed by atoms with Gasteiger partial charge in [0.2, 0.25) is 0 Å². The number of hydrogen-bond acceptors (Lipinski definition) is 5. The van der Waals surface area contributed by atoms with Crippen molar-refractivity contribution in [3.05, 3.63) is 76.0 Å². The Kier molecular flexibility index (Phi) is 5.58. The average molecular weight is 453 g/mol. The summed E-state index contributed by atoms with van der Waals surface area (Å²) in [4.78, 5) is 26.1. The van der Waals surface area contributed by atoms with Crippen molar-refractivity contribution in [2.75, 3.05) is 7.11 Å². The first-order valence-electron chi connectivity index (χ1n) is 9.55. The van der Waals surface area contributed by atoms with E-state index in [9.17, 15) is 4.79 Å². The van der Waals surface area contributed by atoms with Gasteiger partial charge in [0.1, 0.15) is 11.9 Å². The van der Waals surface area contributed by atoms with E-state index in [0.717, 1.165) is 45.1 Å². The van der Waals surface area contributed by atoms with Crippen molar-refractivity contribution in [1.82, 2.24) is 14.5 Å². The van der Waals surface area contributed by atoms with Gasteiger partial charge >= 0.3 is 5.97 Å². The molecular weight excluding hydrogens is 432 g/mol. The smallest absolute Gasteiger partial charge is 0.305 e. The molecule has 4 rings (SSSR count). The number of nitrogens with zero attached hydrogens (tertiary/aromatic N) is 4. The highest BCUT2D eigenvalue weighted by Crippen LogP contribution is 2.34. The fourth-order valence-electron chi connectivity index (χ4n) is 3.60. The first-order valence-corrected chi connectivity index (χ1v) is 10.3.